The Kier molecular flexibility index (Phi) is 8.52. The number of benzene rings is 1. The first kappa shape index (κ1) is 31.9. The van der Waals surface area contributed by atoms with Gasteiger partial charge in [0.2, 0.25) is 5.89 Å². The number of fused-ring (bicyclic) bond motifs is 1. The summed E-state index contributed by atoms with van der Waals surface area (Å²) in [6.07, 6.45) is 4.89. The minimum atomic E-state index is -1.62. The molecule has 4 aromatic rings. The first-order valence-corrected chi connectivity index (χ1v) is 15.8. The number of rotatable bonds is 8. The van der Waals surface area contributed by atoms with Crippen LogP contribution in [0.2, 0.25) is 0 Å². The zero-order chi connectivity index (χ0) is 32.0. The molecule has 0 bridgehead atoms. The molecule has 5 rings (SSSR count). The Morgan fingerprint density at radius 2 is 1.82 bits per heavy atom. The first-order valence-electron chi connectivity index (χ1n) is 14.9. The van der Waals surface area contributed by atoms with Gasteiger partial charge in [0.1, 0.15) is 28.3 Å². The van der Waals surface area contributed by atoms with Crippen molar-refractivity contribution in [3.05, 3.63) is 74.8 Å². The highest BCUT2D eigenvalue weighted by molar-refractivity contribution is 7.22. The molecule has 236 valence electrons. The highest BCUT2D eigenvalue weighted by Crippen LogP contribution is 2.38. The Balaban J connectivity index is 1.70. The average molecular weight is 624 g/mol. The van der Waals surface area contributed by atoms with E-state index in [4.69, 9.17) is 13.9 Å². The van der Waals surface area contributed by atoms with E-state index in [9.17, 15) is 19.5 Å². The van der Waals surface area contributed by atoms with Gasteiger partial charge in [0.25, 0.3) is 5.56 Å². The SMILES string of the molecule is Cc1c(-c2ncco2)sc2c1c(=O)n(C(C)(C)C(=O)OC(C)(C)C)c(=O)n2CC(OC1CCC(C)(O)CC1)c1ccccc1. The first-order chi connectivity index (χ1) is 20.6. The zero-order valence-electron chi connectivity index (χ0n) is 26.4. The van der Waals surface area contributed by atoms with Gasteiger partial charge in [-0.3, -0.25) is 9.36 Å². The normalized spacial score (nSPS) is 20.1. The molecule has 11 heteroatoms. The lowest BCUT2D eigenvalue weighted by molar-refractivity contribution is -0.164. The smallest absolute Gasteiger partial charge is 0.333 e. The van der Waals surface area contributed by atoms with Crippen LogP contribution in [0.1, 0.15) is 84.5 Å². The van der Waals surface area contributed by atoms with Crippen LogP contribution in [0.4, 0.5) is 0 Å². The molecule has 1 N–H and O–H groups in total. The van der Waals surface area contributed by atoms with E-state index in [1.165, 1.54) is 42.2 Å². The summed E-state index contributed by atoms with van der Waals surface area (Å²) in [7, 11) is 0. The Labute approximate surface area is 260 Å². The molecule has 10 nitrogen and oxygen atoms in total. The van der Waals surface area contributed by atoms with Crippen LogP contribution in [-0.2, 0) is 26.4 Å². The number of oxazole rings is 1. The van der Waals surface area contributed by atoms with Crippen molar-refractivity contribution in [3.63, 3.8) is 0 Å². The van der Waals surface area contributed by atoms with E-state index in [-0.39, 0.29) is 12.6 Å². The van der Waals surface area contributed by atoms with Gasteiger partial charge in [-0.25, -0.2) is 19.1 Å². The monoisotopic (exact) mass is 623 g/mol. The predicted octanol–water partition coefficient (Wildman–Crippen LogP) is 5.72. The Hall–Kier alpha value is -3.54. The quantitative estimate of drug-likeness (QED) is 0.247. The summed E-state index contributed by atoms with van der Waals surface area (Å²) >= 11 is 1.25. The number of ether oxygens (including phenoxy) is 2. The van der Waals surface area contributed by atoms with Gasteiger partial charge in [0.05, 0.1) is 34.7 Å². The van der Waals surface area contributed by atoms with Crippen molar-refractivity contribution in [2.45, 2.75) is 110 Å². The minimum Gasteiger partial charge on any atom is -0.458 e. The summed E-state index contributed by atoms with van der Waals surface area (Å²) in [6.45, 7) is 12.0. The molecule has 1 aliphatic carbocycles. The lowest BCUT2D eigenvalue weighted by Gasteiger charge is -2.35. The number of aliphatic hydroxyl groups is 1. The highest BCUT2D eigenvalue weighted by atomic mass is 32.1. The third kappa shape index (κ3) is 6.31. The van der Waals surface area contributed by atoms with Gasteiger partial charge in [0.15, 0.2) is 0 Å². The molecule has 0 aliphatic heterocycles. The molecular weight excluding hydrogens is 582 g/mol. The second kappa shape index (κ2) is 11.8. The molecular formula is C33H41N3O7S. The number of esters is 1. The Morgan fingerprint density at radius 1 is 1.16 bits per heavy atom. The fourth-order valence-electron chi connectivity index (χ4n) is 5.68. The van der Waals surface area contributed by atoms with Crippen LogP contribution in [0.5, 0.6) is 0 Å². The number of thiophene rings is 1. The van der Waals surface area contributed by atoms with Crippen LogP contribution in [0.3, 0.4) is 0 Å². The third-order valence-electron chi connectivity index (χ3n) is 8.18. The standard InChI is InChI=1S/C33H41N3O7S/c1-20-24-27(37)36(32(5,6)29(38)43-31(2,3)4)30(39)35(28(24)44-25(20)26-34-17-18-41-26)19-23(21-11-9-8-10-12-21)42-22-13-15-33(7,40)16-14-22/h8-12,17-18,22-23,40H,13-16,19H2,1-7H3. The zero-order valence-corrected chi connectivity index (χ0v) is 27.2. The van der Waals surface area contributed by atoms with E-state index >= 15 is 0 Å². The van der Waals surface area contributed by atoms with Crippen molar-refractivity contribution < 1.29 is 23.8 Å². The minimum absolute atomic E-state index is 0.0852. The second-order valence-electron chi connectivity index (χ2n) is 13.4. The largest absolute Gasteiger partial charge is 0.458 e. The van der Waals surface area contributed by atoms with Gasteiger partial charge >= 0.3 is 11.7 Å². The fraction of sp³-hybridized carbons (Fsp3) is 0.515. The molecule has 0 radical (unpaired) electrons. The number of nitrogens with zero attached hydrogens (tertiary/aromatic N) is 3. The maximum atomic E-state index is 14.5. The van der Waals surface area contributed by atoms with Crippen molar-refractivity contribution >= 4 is 27.5 Å². The van der Waals surface area contributed by atoms with E-state index in [2.05, 4.69) is 4.98 Å². The van der Waals surface area contributed by atoms with Gasteiger partial charge in [0, 0.05) is 0 Å². The maximum Gasteiger partial charge on any atom is 0.333 e. The van der Waals surface area contributed by atoms with E-state index in [1.54, 1.807) is 27.7 Å². The molecule has 3 aromatic heterocycles. The summed E-state index contributed by atoms with van der Waals surface area (Å²) in [5.74, 6) is -0.355. The van der Waals surface area contributed by atoms with Crippen LogP contribution >= 0.6 is 11.3 Å². The van der Waals surface area contributed by atoms with Gasteiger partial charge < -0.3 is 19.0 Å². The van der Waals surface area contributed by atoms with Crippen molar-refractivity contribution in [2.75, 3.05) is 0 Å². The molecule has 1 atom stereocenters. The van der Waals surface area contributed by atoms with Crippen molar-refractivity contribution in [3.8, 4) is 10.8 Å². The summed E-state index contributed by atoms with van der Waals surface area (Å²) in [6, 6.07) is 9.64. The van der Waals surface area contributed by atoms with E-state index in [0.29, 0.717) is 52.2 Å². The fourth-order valence-corrected chi connectivity index (χ4v) is 6.92. The Bertz CT molecular complexity index is 1750. The number of aryl methyl sites for hydroxylation is 1. The second-order valence-corrected chi connectivity index (χ2v) is 14.4. The number of aromatic nitrogens is 3. The molecule has 44 heavy (non-hydrogen) atoms. The summed E-state index contributed by atoms with van der Waals surface area (Å²) in [4.78, 5) is 47.5. The molecule has 0 saturated heterocycles. The van der Waals surface area contributed by atoms with Crippen molar-refractivity contribution in [1.29, 1.82) is 0 Å². The Morgan fingerprint density at radius 3 is 2.41 bits per heavy atom. The number of hydrogen-bond donors (Lipinski definition) is 1. The predicted molar refractivity (Wildman–Crippen MR) is 169 cm³/mol. The number of hydrogen-bond acceptors (Lipinski definition) is 9. The number of carbonyl (C=O) groups excluding carboxylic acids is 1. The van der Waals surface area contributed by atoms with Crippen LogP contribution in [0.25, 0.3) is 21.0 Å². The topological polar surface area (TPSA) is 126 Å². The van der Waals surface area contributed by atoms with E-state index in [1.807, 2.05) is 37.3 Å². The van der Waals surface area contributed by atoms with Crippen molar-refractivity contribution in [1.82, 2.24) is 14.1 Å². The van der Waals surface area contributed by atoms with Crippen LogP contribution in [0.15, 0.2) is 56.8 Å². The molecule has 1 fully saturated rings. The molecule has 1 aromatic carbocycles. The van der Waals surface area contributed by atoms with E-state index < -0.39 is 40.1 Å². The summed E-state index contributed by atoms with van der Waals surface area (Å²) in [5, 5.41) is 10.8. The van der Waals surface area contributed by atoms with Crippen molar-refractivity contribution in [2.24, 2.45) is 0 Å². The highest BCUT2D eigenvalue weighted by Gasteiger charge is 2.39. The molecule has 1 unspecified atom stereocenters. The third-order valence-corrected chi connectivity index (χ3v) is 9.49. The maximum absolute atomic E-state index is 14.5. The van der Waals surface area contributed by atoms with Crippen LogP contribution in [0, 0.1) is 6.92 Å². The molecule has 1 aliphatic rings. The van der Waals surface area contributed by atoms with Gasteiger partial charge in [-0.15, -0.1) is 11.3 Å². The van der Waals surface area contributed by atoms with E-state index in [0.717, 1.165) is 10.1 Å². The van der Waals surface area contributed by atoms with Gasteiger partial charge in [-0.2, -0.15) is 0 Å². The average Bonchev–Trinajstić information content (AvgIpc) is 3.59. The van der Waals surface area contributed by atoms with Gasteiger partial charge in [-0.05, 0) is 85.3 Å². The molecule has 3 heterocycles. The number of carbonyl (C=O) groups is 1. The lowest BCUT2D eigenvalue weighted by Crippen LogP contribution is -2.54. The van der Waals surface area contributed by atoms with Crippen LogP contribution in [-0.4, -0.2) is 42.5 Å². The molecule has 1 saturated carbocycles. The summed E-state index contributed by atoms with van der Waals surface area (Å²) < 4.78 is 20.5. The molecule has 0 spiro atoms. The summed E-state index contributed by atoms with van der Waals surface area (Å²) in [5.41, 5.74) is -2.92. The van der Waals surface area contributed by atoms with Gasteiger partial charge in [-0.1, -0.05) is 30.3 Å². The van der Waals surface area contributed by atoms with Crippen LogP contribution < -0.4 is 11.2 Å². The molecule has 0 amide bonds. The lowest BCUT2D eigenvalue weighted by atomic mass is 9.85.